The standard InChI is InChI=1S/C13H23NO2/c1-11-9-14(7-8-16-11)10-12-5-3-2-4-6-13(12)15/h11-12H,2-10H2,1H3. The van der Waals surface area contributed by atoms with Gasteiger partial charge in [-0.25, -0.2) is 0 Å². The lowest BCUT2D eigenvalue weighted by Crippen LogP contribution is -2.44. The van der Waals surface area contributed by atoms with E-state index in [4.69, 9.17) is 4.74 Å². The first kappa shape index (κ1) is 12.1. The summed E-state index contributed by atoms with van der Waals surface area (Å²) in [5, 5.41) is 0. The van der Waals surface area contributed by atoms with E-state index in [0.717, 1.165) is 45.5 Å². The molecule has 0 aromatic heterocycles. The van der Waals surface area contributed by atoms with Gasteiger partial charge in [-0.3, -0.25) is 9.69 Å². The Hall–Kier alpha value is -0.410. The lowest BCUT2D eigenvalue weighted by Gasteiger charge is -2.33. The van der Waals surface area contributed by atoms with Crippen molar-refractivity contribution in [2.75, 3.05) is 26.2 Å². The van der Waals surface area contributed by atoms with E-state index in [1.54, 1.807) is 0 Å². The molecule has 1 saturated heterocycles. The maximum atomic E-state index is 11.9. The second kappa shape index (κ2) is 5.78. The molecule has 1 saturated carbocycles. The molecule has 0 bridgehead atoms. The van der Waals surface area contributed by atoms with Gasteiger partial charge in [0, 0.05) is 32.0 Å². The van der Waals surface area contributed by atoms with Crippen LogP contribution in [0.4, 0.5) is 0 Å². The lowest BCUT2D eigenvalue weighted by atomic mass is 9.98. The number of hydrogen-bond acceptors (Lipinski definition) is 3. The van der Waals surface area contributed by atoms with Crippen LogP contribution in [-0.4, -0.2) is 43.0 Å². The second-order valence-corrected chi connectivity index (χ2v) is 5.20. The number of morpholine rings is 1. The molecule has 16 heavy (non-hydrogen) atoms. The van der Waals surface area contributed by atoms with Crippen molar-refractivity contribution < 1.29 is 9.53 Å². The molecule has 2 unspecified atom stereocenters. The summed E-state index contributed by atoms with van der Waals surface area (Å²) in [6.45, 7) is 5.88. The van der Waals surface area contributed by atoms with Crippen LogP contribution in [0.2, 0.25) is 0 Å². The number of ketones is 1. The van der Waals surface area contributed by atoms with E-state index in [2.05, 4.69) is 11.8 Å². The topological polar surface area (TPSA) is 29.5 Å². The fourth-order valence-corrected chi connectivity index (χ4v) is 2.79. The third kappa shape index (κ3) is 3.29. The van der Waals surface area contributed by atoms with Gasteiger partial charge in [0.1, 0.15) is 5.78 Å². The molecule has 3 nitrogen and oxygen atoms in total. The highest BCUT2D eigenvalue weighted by Gasteiger charge is 2.25. The number of rotatable bonds is 2. The van der Waals surface area contributed by atoms with Gasteiger partial charge in [0.15, 0.2) is 0 Å². The van der Waals surface area contributed by atoms with Crippen LogP contribution in [0.5, 0.6) is 0 Å². The van der Waals surface area contributed by atoms with Gasteiger partial charge < -0.3 is 4.74 Å². The fraction of sp³-hybridized carbons (Fsp3) is 0.923. The minimum absolute atomic E-state index is 0.299. The molecule has 2 fully saturated rings. The highest BCUT2D eigenvalue weighted by atomic mass is 16.5. The number of carbonyl (C=O) groups is 1. The molecule has 0 amide bonds. The van der Waals surface area contributed by atoms with Crippen LogP contribution in [0.3, 0.4) is 0 Å². The van der Waals surface area contributed by atoms with Crippen molar-refractivity contribution in [3.63, 3.8) is 0 Å². The van der Waals surface area contributed by atoms with E-state index < -0.39 is 0 Å². The molecule has 2 atom stereocenters. The maximum Gasteiger partial charge on any atom is 0.137 e. The van der Waals surface area contributed by atoms with Crippen molar-refractivity contribution in [3.05, 3.63) is 0 Å². The normalized spacial score (nSPS) is 33.7. The predicted octanol–water partition coefficient (Wildman–Crippen LogP) is 1.86. The molecule has 1 aliphatic heterocycles. The maximum absolute atomic E-state index is 11.9. The summed E-state index contributed by atoms with van der Waals surface area (Å²) in [4.78, 5) is 14.3. The van der Waals surface area contributed by atoms with E-state index in [1.165, 1.54) is 12.8 Å². The van der Waals surface area contributed by atoms with Gasteiger partial charge in [-0.2, -0.15) is 0 Å². The van der Waals surface area contributed by atoms with Gasteiger partial charge in [0.05, 0.1) is 12.7 Å². The molecule has 0 aromatic carbocycles. The average Bonchev–Trinajstić information content (AvgIpc) is 2.45. The van der Waals surface area contributed by atoms with Crippen molar-refractivity contribution in [2.45, 2.75) is 45.1 Å². The van der Waals surface area contributed by atoms with Crippen molar-refractivity contribution >= 4 is 5.78 Å². The van der Waals surface area contributed by atoms with E-state index in [-0.39, 0.29) is 0 Å². The van der Waals surface area contributed by atoms with Gasteiger partial charge in [0.2, 0.25) is 0 Å². The Balaban J connectivity index is 1.84. The SMILES string of the molecule is CC1CN(CC2CCCCCC2=O)CCO1. The Morgan fingerprint density at radius 1 is 1.38 bits per heavy atom. The number of carbonyl (C=O) groups excluding carboxylic acids is 1. The second-order valence-electron chi connectivity index (χ2n) is 5.20. The summed E-state index contributed by atoms with van der Waals surface area (Å²) < 4.78 is 5.52. The van der Waals surface area contributed by atoms with Crippen LogP contribution in [0, 0.1) is 5.92 Å². The molecule has 2 aliphatic rings. The Morgan fingerprint density at radius 3 is 3.06 bits per heavy atom. The summed E-state index contributed by atoms with van der Waals surface area (Å²) in [5.74, 6) is 0.796. The minimum atomic E-state index is 0.299. The van der Waals surface area contributed by atoms with Crippen molar-refractivity contribution in [1.82, 2.24) is 4.90 Å². The lowest BCUT2D eigenvalue weighted by molar-refractivity contribution is -0.124. The Kier molecular flexibility index (Phi) is 4.36. The van der Waals surface area contributed by atoms with E-state index >= 15 is 0 Å². The smallest absolute Gasteiger partial charge is 0.137 e. The molecular formula is C13H23NO2. The summed E-state index contributed by atoms with van der Waals surface area (Å²) in [5.41, 5.74) is 0. The van der Waals surface area contributed by atoms with Gasteiger partial charge in [-0.05, 0) is 19.8 Å². The monoisotopic (exact) mass is 225 g/mol. The molecule has 0 N–H and O–H groups in total. The van der Waals surface area contributed by atoms with Crippen LogP contribution >= 0.6 is 0 Å². The summed E-state index contributed by atoms with van der Waals surface area (Å²) in [6, 6.07) is 0. The zero-order valence-electron chi connectivity index (χ0n) is 10.3. The predicted molar refractivity (Wildman–Crippen MR) is 63.4 cm³/mol. The third-order valence-electron chi connectivity index (χ3n) is 3.73. The summed E-state index contributed by atoms with van der Waals surface area (Å²) in [6.07, 6.45) is 5.82. The summed E-state index contributed by atoms with van der Waals surface area (Å²) in [7, 11) is 0. The quantitative estimate of drug-likeness (QED) is 0.672. The molecule has 0 radical (unpaired) electrons. The van der Waals surface area contributed by atoms with Crippen LogP contribution in [0.25, 0.3) is 0 Å². The third-order valence-corrected chi connectivity index (χ3v) is 3.73. The molecular weight excluding hydrogens is 202 g/mol. The highest BCUT2D eigenvalue weighted by Crippen LogP contribution is 2.21. The van der Waals surface area contributed by atoms with Gasteiger partial charge in [-0.1, -0.05) is 12.8 Å². The molecule has 92 valence electrons. The number of Topliss-reactive ketones (excluding diaryl/α,β-unsaturated/α-hetero) is 1. The van der Waals surface area contributed by atoms with Gasteiger partial charge in [-0.15, -0.1) is 0 Å². The van der Waals surface area contributed by atoms with E-state index in [9.17, 15) is 4.79 Å². The number of hydrogen-bond donors (Lipinski definition) is 0. The largest absolute Gasteiger partial charge is 0.376 e. The van der Waals surface area contributed by atoms with Gasteiger partial charge in [0.25, 0.3) is 0 Å². The Morgan fingerprint density at radius 2 is 2.25 bits per heavy atom. The summed E-state index contributed by atoms with van der Waals surface area (Å²) >= 11 is 0. The van der Waals surface area contributed by atoms with E-state index in [1.807, 2.05) is 0 Å². The molecule has 0 spiro atoms. The molecule has 0 aromatic rings. The zero-order valence-corrected chi connectivity index (χ0v) is 10.3. The van der Waals surface area contributed by atoms with Gasteiger partial charge >= 0.3 is 0 Å². The van der Waals surface area contributed by atoms with Crippen LogP contribution in [0.15, 0.2) is 0 Å². The molecule has 1 aliphatic carbocycles. The van der Waals surface area contributed by atoms with Crippen molar-refractivity contribution in [3.8, 4) is 0 Å². The average molecular weight is 225 g/mol. The molecule has 1 heterocycles. The Bertz CT molecular complexity index is 242. The molecule has 2 rings (SSSR count). The first-order valence-electron chi connectivity index (χ1n) is 6.62. The first-order valence-corrected chi connectivity index (χ1v) is 6.62. The molecule has 3 heteroatoms. The fourth-order valence-electron chi connectivity index (χ4n) is 2.79. The zero-order chi connectivity index (χ0) is 11.4. The van der Waals surface area contributed by atoms with E-state index in [0.29, 0.717) is 17.8 Å². The van der Waals surface area contributed by atoms with Crippen LogP contribution < -0.4 is 0 Å². The van der Waals surface area contributed by atoms with Crippen LogP contribution in [-0.2, 0) is 9.53 Å². The van der Waals surface area contributed by atoms with Crippen molar-refractivity contribution in [1.29, 1.82) is 0 Å². The number of ether oxygens (including phenoxy) is 1. The number of nitrogens with zero attached hydrogens (tertiary/aromatic N) is 1. The first-order chi connectivity index (χ1) is 7.75. The van der Waals surface area contributed by atoms with Crippen LogP contribution in [0.1, 0.15) is 39.0 Å². The minimum Gasteiger partial charge on any atom is -0.376 e. The van der Waals surface area contributed by atoms with Crippen molar-refractivity contribution in [2.24, 2.45) is 5.92 Å². The highest BCUT2D eigenvalue weighted by molar-refractivity contribution is 5.81. The Labute approximate surface area is 98.1 Å².